The Morgan fingerprint density at radius 2 is 2.19 bits per heavy atom. The summed E-state index contributed by atoms with van der Waals surface area (Å²) in [7, 11) is 0. The molecule has 1 aliphatic rings. The molecule has 21 heavy (non-hydrogen) atoms. The number of aryl methyl sites for hydroxylation is 1. The zero-order valence-electron chi connectivity index (χ0n) is 11.8. The number of carbonyl (C=O) groups excluding carboxylic acids is 1. The Labute approximate surface area is 132 Å². The lowest BCUT2D eigenvalue weighted by Gasteiger charge is -2.22. The minimum atomic E-state index is -0.0929. The van der Waals surface area contributed by atoms with Crippen molar-refractivity contribution < 1.29 is 4.79 Å². The Hall–Kier alpha value is -1.37. The quantitative estimate of drug-likeness (QED) is 0.913. The van der Waals surface area contributed by atoms with Gasteiger partial charge in [-0.3, -0.25) is 4.79 Å². The van der Waals surface area contributed by atoms with Gasteiger partial charge in [-0.25, -0.2) is 4.98 Å². The molecule has 1 saturated heterocycles. The molecule has 4 nitrogen and oxygen atoms in total. The number of hydrogen-bond acceptors (Lipinski definition) is 5. The van der Waals surface area contributed by atoms with Gasteiger partial charge in [-0.2, -0.15) is 11.8 Å². The van der Waals surface area contributed by atoms with Gasteiger partial charge in [-0.1, -0.05) is 12.1 Å². The van der Waals surface area contributed by atoms with E-state index < -0.39 is 0 Å². The smallest absolute Gasteiger partial charge is 0.242 e. The van der Waals surface area contributed by atoms with Crippen molar-refractivity contribution in [2.45, 2.75) is 13.0 Å². The van der Waals surface area contributed by atoms with Crippen LogP contribution in [0.15, 0.2) is 29.6 Å². The minimum Gasteiger partial charge on any atom is -0.325 e. The summed E-state index contributed by atoms with van der Waals surface area (Å²) in [5, 5.41) is 9.31. The van der Waals surface area contributed by atoms with Crippen molar-refractivity contribution in [1.82, 2.24) is 10.3 Å². The molecular weight excluding hydrogens is 302 g/mol. The summed E-state index contributed by atoms with van der Waals surface area (Å²) in [4.78, 5) is 16.6. The molecule has 3 rings (SSSR count). The molecule has 1 aromatic heterocycles. The van der Waals surface area contributed by atoms with E-state index in [-0.39, 0.29) is 11.9 Å². The van der Waals surface area contributed by atoms with Crippen LogP contribution in [0.1, 0.15) is 5.01 Å². The summed E-state index contributed by atoms with van der Waals surface area (Å²) in [6.45, 7) is 2.89. The summed E-state index contributed by atoms with van der Waals surface area (Å²) >= 11 is 3.45. The number of thioether (sulfide) groups is 1. The van der Waals surface area contributed by atoms with Crippen LogP contribution < -0.4 is 10.6 Å². The number of benzene rings is 1. The van der Waals surface area contributed by atoms with E-state index in [2.05, 4.69) is 15.6 Å². The van der Waals surface area contributed by atoms with Crippen molar-refractivity contribution in [3.05, 3.63) is 34.7 Å². The molecule has 1 aliphatic heterocycles. The standard InChI is InChI=1S/C15H17N3OS2/c1-10-17-13(9-21-10)11-2-4-12(5-3-11)18-15(19)14-8-20-7-6-16-14/h2-5,9,14,16H,6-8H2,1H3,(H,18,19). The lowest BCUT2D eigenvalue weighted by atomic mass is 10.1. The van der Waals surface area contributed by atoms with Crippen molar-refractivity contribution in [1.29, 1.82) is 0 Å². The molecule has 110 valence electrons. The van der Waals surface area contributed by atoms with Crippen LogP contribution in [0, 0.1) is 6.92 Å². The van der Waals surface area contributed by atoms with Crippen LogP contribution in [0.5, 0.6) is 0 Å². The Morgan fingerprint density at radius 3 is 2.81 bits per heavy atom. The first-order valence-electron chi connectivity index (χ1n) is 6.87. The highest BCUT2D eigenvalue weighted by Gasteiger charge is 2.20. The first-order valence-corrected chi connectivity index (χ1v) is 8.90. The van der Waals surface area contributed by atoms with Crippen LogP contribution in [0.3, 0.4) is 0 Å². The fourth-order valence-electron chi connectivity index (χ4n) is 2.18. The molecule has 0 saturated carbocycles. The molecule has 1 amide bonds. The fourth-order valence-corrected chi connectivity index (χ4v) is 3.74. The third-order valence-corrected chi connectivity index (χ3v) is 5.14. The van der Waals surface area contributed by atoms with Gasteiger partial charge in [0.15, 0.2) is 0 Å². The van der Waals surface area contributed by atoms with Crippen molar-refractivity contribution >= 4 is 34.7 Å². The largest absolute Gasteiger partial charge is 0.325 e. The van der Waals surface area contributed by atoms with Crippen LogP contribution in [-0.4, -0.2) is 35.0 Å². The van der Waals surface area contributed by atoms with Gasteiger partial charge in [0.05, 0.1) is 16.7 Å². The highest BCUT2D eigenvalue weighted by atomic mass is 32.2. The van der Waals surface area contributed by atoms with Gasteiger partial charge in [0.1, 0.15) is 0 Å². The normalized spacial score (nSPS) is 18.4. The number of hydrogen-bond donors (Lipinski definition) is 2. The van der Waals surface area contributed by atoms with Crippen LogP contribution in [0.4, 0.5) is 5.69 Å². The van der Waals surface area contributed by atoms with E-state index in [1.165, 1.54) is 0 Å². The number of amides is 1. The van der Waals surface area contributed by atoms with Gasteiger partial charge in [0, 0.05) is 34.7 Å². The zero-order valence-corrected chi connectivity index (χ0v) is 13.4. The monoisotopic (exact) mass is 319 g/mol. The maximum atomic E-state index is 12.1. The van der Waals surface area contributed by atoms with E-state index in [4.69, 9.17) is 0 Å². The summed E-state index contributed by atoms with van der Waals surface area (Å²) in [5.74, 6) is 1.95. The highest BCUT2D eigenvalue weighted by Crippen LogP contribution is 2.23. The first kappa shape index (κ1) is 14.6. The summed E-state index contributed by atoms with van der Waals surface area (Å²) in [6, 6.07) is 7.75. The van der Waals surface area contributed by atoms with E-state index in [1.807, 2.05) is 48.3 Å². The summed E-state index contributed by atoms with van der Waals surface area (Å²) < 4.78 is 0. The maximum Gasteiger partial charge on any atom is 0.242 e. The second-order valence-corrected chi connectivity index (χ2v) is 7.11. The molecule has 0 spiro atoms. The maximum absolute atomic E-state index is 12.1. The molecule has 1 atom stereocenters. The molecule has 0 bridgehead atoms. The van der Waals surface area contributed by atoms with E-state index >= 15 is 0 Å². The van der Waals surface area contributed by atoms with E-state index in [9.17, 15) is 4.79 Å². The van der Waals surface area contributed by atoms with Crippen LogP contribution in [0.25, 0.3) is 11.3 Å². The van der Waals surface area contributed by atoms with Gasteiger partial charge in [-0.05, 0) is 19.1 Å². The minimum absolute atomic E-state index is 0.0412. The Kier molecular flexibility index (Phi) is 4.57. The average molecular weight is 319 g/mol. The molecule has 1 unspecified atom stereocenters. The first-order chi connectivity index (χ1) is 10.2. The van der Waals surface area contributed by atoms with Crippen LogP contribution in [-0.2, 0) is 4.79 Å². The van der Waals surface area contributed by atoms with E-state index in [0.29, 0.717) is 0 Å². The summed E-state index contributed by atoms with van der Waals surface area (Å²) in [6.07, 6.45) is 0. The number of rotatable bonds is 3. The van der Waals surface area contributed by atoms with Crippen LogP contribution >= 0.6 is 23.1 Å². The SMILES string of the molecule is Cc1nc(-c2ccc(NC(=O)C3CSCCN3)cc2)cs1. The molecule has 0 aliphatic carbocycles. The average Bonchev–Trinajstić information content (AvgIpc) is 2.95. The Balaban J connectivity index is 1.65. The van der Waals surface area contributed by atoms with Gasteiger partial charge in [-0.15, -0.1) is 11.3 Å². The van der Waals surface area contributed by atoms with E-state index in [0.717, 1.165) is 40.0 Å². The third kappa shape index (κ3) is 3.64. The molecular formula is C15H17N3OS2. The zero-order chi connectivity index (χ0) is 14.7. The lowest BCUT2D eigenvalue weighted by Crippen LogP contribution is -2.46. The third-order valence-electron chi connectivity index (χ3n) is 3.31. The van der Waals surface area contributed by atoms with Crippen molar-refractivity contribution in [3.8, 4) is 11.3 Å². The fraction of sp³-hybridized carbons (Fsp3) is 0.333. The molecule has 2 heterocycles. The second kappa shape index (κ2) is 6.60. The number of carbonyl (C=O) groups is 1. The van der Waals surface area contributed by atoms with Gasteiger partial charge >= 0.3 is 0 Å². The second-order valence-electron chi connectivity index (χ2n) is 4.90. The molecule has 1 fully saturated rings. The molecule has 2 N–H and O–H groups in total. The number of thiazole rings is 1. The van der Waals surface area contributed by atoms with Gasteiger partial charge in [0.2, 0.25) is 5.91 Å². The molecule has 0 radical (unpaired) electrons. The number of nitrogens with zero attached hydrogens (tertiary/aromatic N) is 1. The predicted molar refractivity (Wildman–Crippen MR) is 90.0 cm³/mol. The predicted octanol–water partition coefficient (Wildman–Crippen LogP) is 2.76. The molecule has 6 heteroatoms. The number of anilines is 1. The molecule has 1 aromatic carbocycles. The topological polar surface area (TPSA) is 54.0 Å². The lowest BCUT2D eigenvalue weighted by molar-refractivity contribution is -0.117. The van der Waals surface area contributed by atoms with Crippen molar-refractivity contribution in [3.63, 3.8) is 0 Å². The van der Waals surface area contributed by atoms with Gasteiger partial charge in [0.25, 0.3) is 0 Å². The van der Waals surface area contributed by atoms with Crippen molar-refractivity contribution in [2.24, 2.45) is 0 Å². The number of nitrogens with one attached hydrogen (secondary N) is 2. The van der Waals surface area contributed by atoms with Gasteiger partial charge < -0.3 is 10.6 Å². The Morgan fingerprint density at radius 1 is 1.38 bits per heavy atom. The highest BCUT2D eigenvalue weighted by molar-refractivity contribution is 7.99. The van der Waals surface area contributed by atoms with E-state index in [1.54, 1.807) is 11.3 Å². The number of aromatic nitrogens is 1. The molecule has 2 aromatic rings. The van der Waals surface area contributed by atoms with Crippen LogP contribution in [0.2, 0.25) is 0 Å². The summed E-state index contributed by atoms with van der Waals surface area (Å²) in [5.41, 5.74) is 2.89. The van der Waals surface area contributed by atoms with Crippen molar-refractivity contribution in [2.75, 3.05) is 23.4 Å². The Bertz CT molecular complexity index is 618.